The summed E-state index contributed by atoms with van der Waals surface area (Å²) >= 11 is 6.05. The van der Waals surface area contributed by atoms with Crippen molar-refractivity contribution >= 4 is 21.4 Å². The number of sulfone groups is 1. The van der Waals surface area contributed by atoms with Gasteiger partial charge in [-0.15, -0.1) is 0 Å². The molecule has 0 saturated heterocycles. The molecule has 0 aliphatic carbocycles. The van der Waals surface area contributed by atoms with Crippen molar-refractivity contribution in [1.29, 1.82) is 0 Å². The molecule has 0 radical (unpaired) electrons. The molecule has 0 bridgehead atoms. The first-order valence-corrected chi connectivity index (χ1v) is 9.61. The van der Waals surface area contributed by atoms with Crippen LogP contribution in [0.25, 0.3) is 0 Å². The van der Waals surface area contributed by atoms with Gasteiger partial charge in [0, 0.05) is 23.9 Å². The van der Waals surface area contributed by atoms with Gasteiger partial charge in [-0.2, -0.15) is 0 Å². The molecule has 1 unspecified atom stereocenters. The van der Waals surface area contributed by atoms with Gasteiger partial charge >= 0.3 is 0 Å². The van der Waals surface area contributed by atoms with E-state index in [2.05, 4.69) is 23.2 Å². The normalized spacial score (nSPS) is 13.6. The lowest BCUT2D eigenvalue weighted by molar-refractivity contribution is 0.323. The van der Waals surface area contributed by atoms with Crippen molar-refractivity contribution < 1.29 is 8.42 Å². The highest BCUT2D eigenvalue weighted by Crippen LogP contribution is 2.20. The van der Waals surface area contributed by atoms with Crippen LogP contribution in [0.3, 0.4) is 0 Å². The molecule has 0 saturated carbocycles. The van der Waals surface area contributed by atoms with Gasteiger partial charge in [0.2, 0.25) is 0 Å². The average molecular weight is 333 g/mol. The highest BCUT2D eigenvalue weighted by atomic mass is 35.5. The van der Waals surface area contributed by atoms with Crippen LogP contribution in [0.15, 0.2) is 24.3 Å². The van der Waals surface area contributed by atoms with E-state index in [1.165, 1.54) is 11.8 Å². The Morgan fingerprint density at radius 2 is 2.05 bits per heavy atom. The standard InChI is InChI=1S/C15H25ClN2O2S/c1-4-17-15(13-6-5-7-14(16)12-13)8-9-18(2)10-11-21(3,19)20/h5-7,12,15,17H,4,8-11H2,1-3H3. The summed E-state index contributed by atoms with van der Waals surface area (Å²) in [6.45, 7) is 4.35. The number of nitrogens with zero attached hydrogens (tertiary/aromatic N) is 1. The Labute approximate surface area is 133 Å². The van der Waals surface area contributed by atoms with Crippen molar-refractivity contribution in [3.63, 3.8) is 0 Å². The van der Waals surface area contributed by atoms with Crippen LogP contribution in [-0.4, -0.2) is 52.0 Å². The van der Waals surface area contributed by atoms with E-state index >= 15 is 0 Å². The van der Waals surface area contributed by atoms with Gasteiger partial charge in [0.25, 0.3) is 0 Å². The number of nitrogens with one attached hydrogen (secondary N) is 1. The second-order valence-electron chi connectivity index (χ2n) is 5.39. The molecule has 1 N–H and O–H groups in total. The molecule has 0 aliphatic rings. The summed E-state index contributed by atoms with van der Waals surface area (Å²) in [6.07, 6.45) is 2.18. The van der Waals surface area contributed by atoms with Crippen molar-refractivity contribution in [2.24, 2.45) is 0 Å². The van der Waals surface area contributed by atoms with Gasteiger partial charge in [-0.3, -0.25) is 0 Å². The first-order valence-electron chi connectivity index (χ1n) is 7.17. The van der Waals surface area contributed by atoms with Crippen LogP contribution in [0.5, 0.6) is 0 Å². The third-order valence-corrected chi connectivity index (χ3v) is 4.50. The molecule has 120 valence electrons. The summed E-state index contributed by atoms with van der Waals surface area (Å²) in [4.78, 5) is 2.05. The van der Waals surface area contributed by atoms with Crippen LogP contribution in [0, 0.1) is 0 Å². The zero-order valence-electron chi connectivity index (χ0n) is 13.0. The zero-order valence-corrected chi connectivity index (χ0v) is 14.5. The van der Waals surface area contributed by atoms with E-state index in [1.54, 1.807) is 0 Å². The highest BCUT2D eigenvalue weighted by molar-refractivity contribution is 7.90. The predicted molar refractivity (Wildman–Crippen MR) is 89.7 cm³/mol. The summed E-state index contributed by atoms with van der Waals surface area (Å²) in [5.41, 5.74) is 1.17. The van der Waals surface area contributed by atoms with Crippen molar-refractivity contribution in [3.8, 4) is 0 Å². The molecule has 1 atom stereocenters. The van der Waals surface area contributed by atoms with E-state index in [9.17, 15) is 8.42 Å². The quantitative estimate of drug-likeness (QED) is 0.754. The topological polar surface area (TPSA) is 49.4 Å². The van der Waals surface area contributed by atoms with Gasteiger partial charge in [0.15, 0.2) is 0 Å². The van der Waals surface area contributed by atoms with Gasteiger partial charge < -0.3 is 10.2 Å². The minimum Gasteiger partial charge on any atom is -0.310 e. The fourth-order valence-corrected chi connectivity index (χ4v) is 2.98. The monoisotopic (exact) mass is 332 g/mol. The van der Waals surface area contributed by atoms with E-state index in [-0.39, 0.29) is 11.8 Å². The van der Waals surface area contributed by atoms with Crippen molar-refractivity contribution in [3.05, 3.63) is 34.9 Å². The van der Waals surface area contributed by atoms with E-state index in [1.807, 2.05) is 25.2 Å². The Morgan fingerprint density at radius 3 is 2.62 bits per heavy atom. The summed E-state index contributed by atoms with van der Waals surface area (Å²) in [7, 11) is -0.950. The number of halogens is 1. The van der Waals surface area contributed by atoms with E-state index < -0.39 is 9.84 Å². The van der Waals surface area contributed by atoms with Crippen LogP contribution < -0.4 is 5.32 Å². The summed E-state index contributed by atoms with van der Waals surface area (Å²) in [6, 6.07) is 8.09. The van der Waals surface area contributed by atoms with Gasteiger partial charge in [-0.05, 0) is 44.3 Å². The maximum atomic E-state index is 11.2. The Hall–Kier alpha value is -0.620. The van der Waals surface area contributed by atoms with Gasteiger partial charge in [0.1, 0.15) is 9.84 Å². The van der Waals surface area contributed by atoms with Gasteiger partial charge in [-0.25, -0.2) is 8.42 Å². The third-order valence-electron chi connectivity index (χ3n) is 3.34. The van der Waals surface area contributed by atoms with Gasteiger partial charge in [0.05, 0.1) is 5.75 Å². The molecule has 1 aromatic rings. The molecule has 21 heavy (non-hydrogen) atoms. The SMILES string of the molecule is CCNC(CCN(C)CCS(C)(=O)=O)c1cccc(Cl)c1. The van der Waals surface area contributed by atoms with Crippen molar-refractivity contribution in [1.82, 2.24) is 10.2 Å². The molecule has 1 aromatic carbocycles. The molecule has 0 amide bonds. The third kappa shape index (κ3) is 7.81. The Bertz CT molecular complexity index is 534. The first kappa shape index (κ1) is 18.4. The second kappa shape index (κ2) is 8.73. The number of hydrogen-bond acceptors (Lipinski definition) is 4. The number of hydrogen-bond donors (Lipinski definition) is 1. The number of rotatable bonds is 9. The Morgan fingerprint density at radius 1 is 1.33 bits per heavy atom. The lowest BCUT2D eigenvalue weighted by Gasteiger charge is -2.22. The second-order valence-corrected chi connectivity index (χ2v) is 8.08. The minimum atomic E-state index is -2.90. The molecular formula is C15H25ClN2O2S. The molecule has 0 spiro atoms. The molecule has 1 rings (SSSR count). The average Bonchev–Trinajstić information content (AvgIpc) is 2.40. The first-order chi connectivity index (χ1) is 9.81. The smallest absolute Gasteiger partial charge is 0.148 e. The summed E-state index contributed by atoms with van der Waals surface area (Å²) < 4.78 is 22.4. The van der Waals surface area contributed by atoms with Crippen LogP contribution in [-0.2, 0) is 9.84 Å². The summed E-state index contributed by atoms with van der Waals surface area (Å²) in [5, 5.41) is 4.19. The largest absolute Gasteiger partial charge is 0.310 e. The Kier molecular flexibility index (Phi) is 7.66. The summed E-state index contributed by atoms with van der Waals surface area (Å²) in [5.74, 6) is 0.201. The minimum absolute atomic E-state index is 0.201. The molecule has 4 nitrogen and oxygen atoms in total. The zero-order chi connectivity index (χ0) is 15.9. The molecular weight excluding hydrogens is 308 g/mol. The maximum Gasteiger partial charge on any atom is 0.148 e. The molecule has 0 fully saturated rings. The Balaban J connectivity index is 2.55. The van der Waals surface area contributed by atoms with E-state index in [0.29, 0.717) is 6.54 Å². The van der Waals surface area contributed by atoms with Crippen LogP contribution in [0.2, 0.25) is 5.02 Å². The lowest BCUT2D eigenvalue weighted by Crippen LogP contribution is -2.30. The van der Waals surface area contributed by atoms with Crippen LogP contribution in [0.1, 0.15) is 24.9 Å². The van der Waals surface area contributed by atoms with E-state index in [0.717, 1.165) is 24.5 Å². The molecule has 0 heterocycles. The van der Waals surface area contributed by atoms with Crippen LogP contribution in [0.4, 0.5) is 0 Å². The van der Waals surface area contributed by atoms with Crippen molar-refractivity contribution in [2.75, 3.05) is 38.7 Å². The van der Waals surface area contributed by atoms with E-state index in [4.69, 9.17) is 11.6 Å². The fourth-order valence-electron chi connectivity index (χ4n) is 2.14. The number of benzene rings is 1. The predicted octanol–water partition coefficient (Wildman–Crippen LogP) is 2.36. The molecule has 0 aliphatic heterocycles. The van der Waals surface area contributed by atoms with Crippen LogP contribution >= 0.6 is 11.6 Å². The fraction of sp³-hybridized carbons (Fsp3) is 0.600. The molecule has 0 aromatic heterocycles. The maximum absolute atomic E-state index is 11.2. The van der Waals surface area contributed by atoms with Crippen molar-refractivity contribution in [2.45, 2.75) is 19.4 Å². The molecule has 6 heteroatoms. The lowest BCUT2D eigenvalue weighted by atomic mass is 10.0. The van der Waals surface area contributed by atoms with Gasteiger partial charge in [-0.1, -0.05) is 30.7 Å². The highest BCUT2D eigenvalue weighted by Gasteiger charge is 2.12.